The molecule has 0 rings (SSSR count). The number of nitrogens with two attached hydrogens (primary N) is 1. The smallest absolute Gasteiger partial charge is 0.0462 e. The van der Waals surface area contributed by atoms with Gasteiger partial charge in [-0.15, -0.1) is 0 Å². The van der Waals surface area contributed by atoms with Crippen molar-refractivity contribution in [2.45, 2.75) is 58.4 Å². The molecule has 2 atom stereocenters. The average Bonchev–Trinajstić information content (AvgIpc) is 2.27. The molecule has 2 unspecified atom stereocenters. The first-order chi connectivity index (χ1) is 7.29. The summed E-state index contributed by atoms with van der Waals surface area (Å²) in [5.41, 5.74) is 2.97. The van der Waals surface area contributed by atoms with Crippen LogP contribution in [0.2, 0.25) is 0 Å². The summed E-state index contributed by atoms with van der Waals surface area (Å²) in [5.74, 6) is 6.33. The van der Waals surface area contributed by atoms with E-state index in [-0.39, 0.29) is 0 Å². The number of unbranched alkanes of at least 4 members (excludes halogenated alkanes) is 1. The minimum absolute atomic E-state index is 0.455. The Morgan fingerprint density at radius 2 is 1.93 bits per heavy atom. The van der Waals surface area contributed by atoms with Crippen molar-refractivity contribution in [3.63, 3.8) is 0 Å². The topological polar surface area (TPSA) is 47.3 Å². The maximum Gasteiger partial charge on any atom is 0.0462 e. The van der Waals surface area contributed by atoms with Crippen molar-refractivity contribution in [3.05, 3.63) is 0 Å². The average molecular weight is 216 g/mol. The minimum Gasteiger partial charge on any atom is -0.385 e. The summed E-state index contributed by atoms with van der Waals surface area (Å²) in [6.07, 6.45) is 7.28. The van der Waals surface area contributed by atoms with Crippen LogP contribution in [-0.2, 0) is 4.74 Å². The standard InChI is InChI=1S/C12H28N2O/c1-4-6-8-11(5-2)12(14-13)9-7-10-15-3/h11-12,14H,4-10,13H2,1-3H3. The summed E-state index contributed by atoms with van der Waals surface area (Å²) in [6, 6.07) is 0.455. The van der Waals surface area contributed by atoms with Gasteiger partial charge in [0.05, 0.1) is 0 Å². The molecule has 0 aromatic carbocycles. The molecule has 0 fully saturated rings. The van der Waals surface area contributed by atoms with Gasteiger partial charge in [0.25, 0.3) is 0 Å². The third-order valence-electron chi connectivity index (χ3n) is 3.10. The number of hydrogen-bond donors (Lipinski definition) is 2. The molecule has 0 aliphatic heterocycles. The molecule has 3 N–H and O–H groups in total. The largest absolute Gasteiger partial charge is 0.385 e. The lowest BCUT2D eigenvalue weighted by Crippen LogP contribution is -2.41. The Morgan fingerprint density at radius 3 is 2.40 bits per heavy atom. The van der Waals surface area contributed by atoms with E-state index >= 15 is 0 Å². The number of nitrogens with one attached hydrogen (secondary N) is 1. The number of hydrogen-bond acceptors (Lipinski definition) is 3. The van der Waals surface area contributed by atoms with Gasteiger partial charge in [0, 0.05) is 19.8 Å². The van der Waals surface area contributed by atoms with Gasteiger partial charge in [0.2, 0.25) is 0 Å². The van der Waals surface area contributed by atoms with Crippen LogP contribution < -0.4 is 11.3 Å². The van der Waals surface area contributed by atoms with Crippen LogP contribution in [0.4, 0.5) is 0 Å². The molecule has 0 aromatic heterocycles. The molecule has 92 valence electrons. The summed E-state index contributed by atoms with van der Waals surface area (Å²) < 4.78 is 5.06. The van der Waals surface area contributed by atoms with Gasteiger partial charge < -0.3 is 4.74 Å². The van der Waals surface area contributed by atoms with Crippen LogP contribution >= 0.6 is 0 Å². The highest BCUT2D eigenvalue weighted by Crippen LogP contribution is 2.19. The van der Waals surface area contributed by atoms with Crippen molar-refractivity contribution in [1.82, 2.24) is 5.43 Å². The van der Waals surface area contributed by atoms with E-state index in [1.54, 1.807) is 7.11 Å². The zero-order chi connectivity index (χ0) is 11.5. The van der Waals surface area contributed by atoms with E-state index in [1.807, 2.05) is 0 Å². The van der Waals surface area contributed by atoms with Gasteiger partial charge in [-0.3, -0.25) is 11.3 Å². The molecular weight excluding hydrogens is 188 g/mol. The molecule has 0 amide bonds. The number of ether oxygens (including phenoxy) is 1. The number of methoxy groups -OCH3 is 1. The molecule has 0 radical (unpaired) electrons. The second-order valence-electron chi connectivity index (χ2n) is 4.22. The summed E-state index contributed by atoms with van der Waals surface area (Å²) in [6.45, 7) is 5.33. The van der Waals surface area contributed by atoms with E-state index in [0.717, 1.165) is 19.4 Å². The second kappa shape index (κ2) is 10.4. The molecule has 0 saturated heterocycles. The lowest BCUT2D eigenvalue weighted by molar-refractivity contribution is 0.181. The third-order valence-corrected chi connectivity index (χ3v) is 3.10. The molecule has 0 aliphatic carbocycles. The van der Waals surface area contributed by atoms with Crippen LogP contribution in [0.25, 0.3) is 0 Å². The van der Waals surface area contributed by atoms with E-state index in [9.17, 15) is 0 Å². The molecule has 0 bridgehead atoms. The normalized spacial score (nSPS) is 15.2. The van der Waals surface area contributed by atoms with Crippen molar-refractivity contribution in [1.29, 1.82) is 0 Å². The molecule has 0 saturated carbocycles. The van der Waals surface area contributed by atoms with Crippen molar-refractivity contribution in [2.24, 2.45) is 11.8 Å². The van der Waals surface area contributed by atoms with Crippen LogP contribution in [0.15, 0.2) is 0 Å². The number of rotatable bonds is 10. The third kappa shape index (κ3) is 6.88. The van der Waals surface area contributed by atoms with Gasteiger partial charge in [-0.05, 0) is 25.2 Å². The Hall–Kier alpha value is -0.120. The Labute approximate surface area is 94.7 Å². The predicted molar refractivity (Wildman–Crippen MR) is 65.5 cm³/mol. The van der Waals surface area contributed by atoms with Crippen LogP contribution in [0.5, 0.6) is 0 Å². The van der Waals surface area contributed by atoms with Crippen molar-refractivity contribution < 1.29 is 4.74 Å². The molecule has 0 heterocycles. The van der Waals surface area contributed by atoms with E-state index in [4.69, 9.17) is 10.6 Å². The quantitative estimate of drug-likeness (QED) is 0.335. The minimum atomic E-state index is 0.455. The van der Waals surface area contributed by atoms with Gasteiger partial charge in [-0.1, -0.05) is 33.1 Å². The zero-order valence-electron chi connectivity index (χ0n) is 10.6. The Balaban J connectivity index is 3.85. The van der Waals surface area contributed by atoms with Gasteiger partial charge in [-0.2, -0.15) is 0 Å². The maximum absolute atomic E-state index is 5.61. The van der Waals surface area contributed by atoms with Gasteiger partial charge in [-0.25, -0.2) is 0 Å². The monoisotopic (exact) mass is 216 g/mol. The first-order valence-corrected chi connectivity index (χ1v) is 6.25. The first-order valence-electron chi connectivity index (χ1n) is 6.25. The lowest BCUT2D eigenvalue weighted by atomic mass is 9.89. The summed E-state index contributed by atoms with van der Waals surface area (Å²) in [4.78, 5) is 0. The maximum atomic E-state index is 5.61. The molecule has 15 heavy (non-hydrogen) atoms. The van der Waals surface area contributed by atoms with Crippen LogP contribution in [0, 0.1) is 5.92 Å². The van der Waals surface area contributed by atoms with E-state index in [1.165, 1.54) is 25.7 Å². The molecule has 0 aliphatic rings. The summed E-state index contributed by atoms with van der Waals surface area (Å²) in [7, 11) is 1.75. The van der Waals surface area contributed by atoms with Crippen LogP contribution in [0.1, 0.15) is 52.4 Å². The highest BCUT2D eigenvalue weighted by atomic mass is 16.5. The van der Waals surface area contributed by atoms with E-state index in [0.29, 0.717) is 12.0 Å². The van der Waals surface area contributed by atoms with E-state index in [2.05, 4.69) is 19.3 Å². The highest BCUT2D eigenvalue weighted by molar-refractivity contribution is 4.73. The van der Waals surface area contributed by atoms with E-state index < -0.39 is 0 Å². The van der Waals surface area contributed by atoms with Crippen molar-refractivity contribution >= 4 is 0 Å². The molecular formula is C12H28N2O. The Bertz CT molecular complexity index is 131. The lowest BCUT2D eigenvalue weighted by Gasteiger charge is -2.25. The van der Waals surface area contributed by atoms with Gasteiger partial charge in [0.15, 0.2) is 0 Å². The van der Waals surface area contributed by atoms with Gasteiger partial charge >= 0.3 is 0 Å². The van der Waals surface area contributed by atoms with Crippen LogP contribution in [0.3, 0.4) is 0 Å². The predicted octanol–water partition coefficient (Wildman–Crippen LogP) is 2.46. The molecule has 0 aromatic rings. The SMILES string of the molecule is CCCCC(CC)C(CCCOC)NN. The summed E-state index contributed by atoms with van der Waals surface area (Å²) in [5, 5.41) is 0. The second-order valence-corrected chi connectivity index (χ2v) is 4.22. The Morgan fingerprint density at radius 1 is 1.20 bits per heavy atom. The fraction of sp³-hybridized carbons (Fsp3) is 1.00. The fourth-order valence-electron chi connectivity index (χ4n) is 2.06. The molecule has 3 heteroatoms. The zero-order valence-corrected chi connectivity index (χ0v) is 10.6. The van der Waals surface area contributed by atoms with Crippen molar-refractivity contribution in [3.8, 4) is 0 Å². The Kier molecular flexibility index (Phi) is 10.3. The first kappa shape index (κ1) is 14.9. The summed E-state index contributed by atoms with van der Waals surface area (Å²) >= 11 is 0. The highest BCUT2D eigenvalue weighted by Gasteiger charge is 2.17. The fourth-order valence-corrected chi connectivity index (χ4v) is 2.06. The number of hydrazine groups is 1. The van der Waals surface area contributed by atoms with Crippen molar-refractivity contribution in [2.75, 3.05) is 13.7 Å². The molecule has 0 spiro atoms. The molecule has 3 nitrogen and oxygen atoms in total. The van der Waals surface area contributed by atoms with Gasteiger partial charge in [0.1, 0.15) is 0 Å². The van der Waals surface area contributed by atoms with Crippen LogP contribution in [-0.4, -0.2) is 19.8 Å².